The van der Waals surface area contributed by atoms with Gasteiger partial charge in [0.1, 0.15) is 24.4 Å². The molecule has 4 N–H and O–H groups in total. The van der Waals surface area contributed by atoms with E-state index in [9.17, 15) is 39.6 Å². The Hall–Kier alpha value is -1.27. The van der Waals surface area contributed by atoms with Gasteiger partial charge in [-0.2, -0.15) is 0 Å². The van der Waals surface area contributed by atoms with E-state index < -0.39 is 48.3 Å². The first kappa shape index (κ1) is 28.8. The standard InChI is InChI=1S/2C4H6O6.Fe.Ni/c2*5-1(3(7)8)2(6)4(9)10;;/h2*1-2,5-6H,(H,7,8)(H,9,10);;/q;;2*+2/p-4. The van der Waals surface area contributed by atoms with E-state index in [-0.39, 0.29) is 33.6 Å². The van der Waals surface area contributed by atoms with Crippen molar-refractivity contribution in [2.24, 2.45) is 0 Å². The zero-order chi connectivity index (χ0) is 16.6. The first-order valence-corrected chi connectivity index (χ1v) is 4.49. The van der Waals surface area contributed by atoms with Gasteiger partial charge in [0, 0.05) is 0 Å². The van der Waals surface area contributed by atoms with E-state index >= 15 is 0 Å². The molecular formula is C8H8FeNiO12. The molecule has 4 unspecified atom stereocenters. The molecule has 0 aromatic carbocycles. The summed E-state index contributed by atoms with van der Waals surface area (Å²) in [5.74, 6) is -8.23. The average Bonchev–Trinajstić information content (AvgIpc) is 2.35. The van der Waals surface area contributed by atoms with Gasteiger partial charge < -0.3 is 60.0 Å². The van der Waals surface area contributed by atoms with Gasteiger partial charge >= 0.3 is 33.6 Å². The molecule has 0 radical (unpaired) electrons. The summed E-state index contributed by atoms with van der Waals surface area (Å²) in [6.07, 6.45) is -9.76. The van der Waals surface area contributed by atoms with Crippen LogP contribution in [0.25, 0.3) is 0 Å². The predicted octanol–water partition coefficient (Wildman–Crippen LogP) is -9.59. The molecule has 0 aliphatic heterocycles. The number of carboxylic acids is 4. The molecule has 130 valence electrons. The maximum atomic E-state index is 9.63. The number of aliphatic hydroxyl groups is 4. The maximum Gasteiger partial charge on any atom is 2.00 e. The van der Waals surface area contributed by atoms with Crippen LogP contribution in [0.3, 0.4) is 0 Å². The van der Waals surface area contributed by atoms with Crippen LogP contribution in [0.15, 0.2) is 0 Å². The van der Waals surface area contributed by atoms with Gasteiger partial charge in [-0.1, -0.05) is 0 Å². The minimum Gasteiger partial charge on any atom is -0.547 e. The molecule has 0 heterocycles. The van der Waals surface area contributed by atoms with Crippen molar-refractivity contribution < 1.29 is 93.6 Å². The van der Waals surface area contributed by atoms with Gasteiger partial charge in [-0.15, -0.1) is 0 Å². The van der Waals surface area contributed by atoms with Gasteiger partial charge in [-0.05, 0) is 0 Å². The molecule has 0 amide bonds. The Bertz CT molecular complexity index is 315. The Morgan fingerprint density at radius 2 is 0.636 bits per heavy atom. The van der Waals surface area contributed by atoms with E-state index in [1.165, 1.54) is 0 Å². The van der Waals surface area contributed by atoms with E-state index in [1.54, 1.807) is 0 Å². The smallest absolute Gasteiger partial charge is 0.547 e. The van der Waals surface area contributed by atoms with Gasteiger partial charge in [0.2, 0.25) is 0 Å². The first-order valence-electron chi connectivity index (χ1n) is 4.49. The molecule has 14 heteroatoms. The number of aliphatic hydroxyl groups excluding tert-OH is 4. The number of aliphatic carboxylic acids is 4. The van der Waals surface area contributed by atoms with Crippen LogP contribution in [0.4, 0.5) is 0 Å². The van der Waals surface area contributed by atoms with Crippen molar-refractivity contribution in [1.82, 2.24) is 0 Å². The Balaban J connectivity index is -0.000000135. The molecule has 0 spiro atoms. The van der Waals surface area contributed by atoms with Gasteiger partial charge in [0.25, 0.3) is 0 Å². The fourth-order valence-electron chi connectivity index (χ4n) is 0.516. The molecule has 12 nitrogen and oxygen atoms in total. The third kappa shape index (κ3) is 11.4. The van der Waals surface area contributed by atoms with E-state index in [4.69, 9.17) is 20.4 Å². The second kappa shape index (κ2) is 13.4. The fraction of sp³-hybridized carbons (Fsp3) is 0.500. The van der Waals surface area contributed by atoms with E-state index in [2.05, 4.69) is 0 Å². The van der Waals surface area contributed by atoms with Crippen LogP contribution >= 0.6 is 0 Å². The van der Waals surface area contributed by atoms with E-state index in [0.717, 1.165) is 0 Å². The van der Waals surface area contributed by atoms with E-state index in [1.807, 2.05) is 0 Å². The third-order valence-corrected chi connectivity index (χ3v) is 1.56. The van der Waals surface area contributed by atoms with Crippen molar-refractivity contribution in [3.8, 4) is 0 Å². The van der Waals surface area contributed by atoms with Crippen molar-refractivity contribution in [2.75, 3.05) is 0 Å². The molecule has 0 aromatic heterocycles. The molecule has 0 saturated heterocycles. The normalized spacial score (nSPS) is 14.4. The first-order chi connectivity index (χ1) is 8.93. The van der Waals surface area contributed by atoms with Crippen LogP contribution in [-0.4, -0.2) is 68.7 Å². The largest absolute Gasteiger partial charge is 2.00 e. The minimum absolute atomic E-state index is 0. The van der Waals surface area contributed by atoms with Gasteiger partial charge in [0.15, 0.2) is 0 Å². The zero-order valence-electron chi connectivity index (χ0n) is 10.0. The predicted molar refractivity (Wildman–Crippen MR) is 44.1 cm³/mol. The quantitative estimate of drug-likeness (QED) is 0.298. The summed E-state index contributed by atoms with van der Waals surface area (Å²) in [4.78, 5) is 38.5. The van der Waals surface area contributed by atoms with Crippen LogP contribution in [0, 0.1) is 0 Å². The topological polar surface area (TPSA) is 241 Å². The Morgan fingerprint density at radius 1 is 0.545 bits per heavy atom. The molecular weight excluding hydrogens is 403 g/mol. The summed E-state index contributed by atoms with van der Waals surface area (Å²) in [6.45, 7) is 0. The average molecular weight is 411 g/mol. The van der Waals surface area contributed by atoms with Crippen molar-refractivity contribution in [3.63, 3.8) is 0 Å². The van der Waals surface area contributed by atoms with Crippen molar-refractivity contribution in [3.05, 3.63) is 0 Å². The Morgan fingerprint density at radius 3 is 0.682 bits per heavy atom. The molecule has 0 aliphatic rings. The number of hydrogen-bond donors (Lipinski definition) is 4. The molecule has 0 saturated carbocycles. The molecule has 0 fully saturated rings. The fourth-order valence-corrected chi connectivity index (χ4v) is 0.516. The van der Waals surface area contributed by atoms with Crippen molar-refractivity contribution in [1.29, 1.82) is 0 Å². The summed E-state index contributed by atoms with van der Waals surface area (Å²) in [5.41, 5.74) is 0. The van der Waals surface area contributed by atoms with Crippen molar-refractivity contribution in [2.45, 2.75) is 24.4 Å². The summed E-state index contributed by atoms with van der Waals surface area (Å²) < 4.78 is 0. The zero-order valence-corrected chi connectivity index (χ0v) is 12.1. The number of carbonyl (C=O) groups excluding carboxylic acids is 4. The summed E-state index contributed by atoms with van der Waals surface area (Å²) in [7, 11) is 0. The van der Waals surface area contributed by atoms with Crippen LogP contribution in [0.2, 0.25) is 0 Å². The molecule has 0 aliphatic carbocycles. The molecule has 0 rings (SSSR count). The van der Waals surface area contributed by atoms with Crippen molar-refractivity contribution >= 4 is 23.9 Å². The second-order valence-electron chi connectivity index (χ2n) is 3.06. The Kier molecular flexibility index (Phi) is 17.6. The summed E-state index contributed by atoms with van der Waals surface area (Å²) in [5, 5.41) is 71.5. The number of hydrogen-bond acceptors (Lipinski definition) is 12. The minimum atomic E-state index is -2.44. The molecule has 4 atom stereocenters. The van der Waals surface area contributed by atoms with Crippen LogP contribution in [0.1, 0.15) is 0 Å². The van der Waals surface area contributed by atoms with Crippen LogP contribution < -0.4 is 20.4 Å². The summed E-state index contributed by atoms with van der Waals surface area (Å²) >= 11 is 0. The Labute approximate surface area is 142 Å². The summed E-state index contributed by atoms with van der Waals surface area (Å²) in [6, 6.07) is 0. The second-order valence-corrected chi connectivity index (χ2v) is 3.06. The van der Waals surface area contributed by atoms with Gasteiger partial charge in [-0.3, -0.25) is 0 Å². The number of carboxylic acid groups (broad SMARTS) is 4. The molecule has 0 aromatic rings. The SMILES string of the molecule is O=C([O-])C(O)C(O)C(=O)[O-].O=C([O-])C(O)C(O)C(=O)[O-].[Fe+2].[Ni+2]. The monoisotopic (exact) mass is 410 g/mol. The number of carbonyl (C=O) groups is 4. The van der Waals surface area contributed by atoms with Gasteiger partial charge in [0.05, 0.1) is 23.9 Å². The van der Waals surface area contributed by atoms with Crippen LogP contribution in [0.5, 0.6) is 0 Å². The number of rotatable bonds is 6. The van der Waals surface area contributed by atoms with E-state index in [0.29, 0.717) is 0 Å². The maximum absolute atomic E-state index is 9.63. The van der Waals surface area contributed by atoms with Crippen LogP contribution in [-0.2, 0) is 52.7 Å². The molecule has 22 heavy (non-hydrogen) atoms. The van der Waals surface area contributed by atoms with Gasteiger partial charge in [-0.25, -0.2) is 0 Å². The third-order valence-electron chi connectivity index (χ3n) is 1.56. The molecule has 0 bridgehead atoms.